The Kier molecular flexibility index (Phi) is 19.1. The van der Waals surface area contributed by atoms with E-state index >= 15 is 0 Å². The van der Waals surface area contributed by atoms with Gasteiger partial charge in [-0.25, -0.2) is 28.0 Å². The molecule has 0 spiro atoms. The molecule has 4 aromatic carbocycles. The molecule has 0 fully saturated rings. The zero-order valence-electron chi connectivity index (χ0n) is 37.2. The monoisotopic (exact) mass is 857 g/mol. The first-order chi connectivity index (χ1) is 29.2. The van der Waals surface area contributed by atoms with Gasteiger partial charge in [-0.1, -0.05) is 87.8 Å². The second-order valence-electron chi connectivity index (χ2n) is 15.9. The summed E-state index contributed by atoms with van der Waals surface area (Å²) in [7, 11) is 1.29. The number of ether oxygens (including phenoxy) is 4. The molecule has 11 nitrogen and oxygen atoms in total. The number of alkyl halides is 2. The van der Waals surface area contributed by atoms with E-state index in [-0.39, 0.29) is 25.1 Å². The molecule has 4 rings (SSSR count). The molecule has 0 aliphatic rings. The van der Waals surface area contributed by atoms with E-state index < -0.39 is 60.3 Å². The van der Waals surface area contributed by atoms with Crippen LogP contribution in [0.3, 0.4) is 0 Å². The minimum atomic E-state index is -2.03. The molecule has 0 amide bonds. The molecule has 62 heavy (non-hydrogen) atoms. The largest absolute Gasteiger partial charge is 0.462 e. The summed E-state index contributed by atoms with van der Waals surface area (Å²) in [5.74, 6) is -3.85. The van der Waals surface area contributed by atoms with E-state index in [0.29, 0.717) is 16.7 Å². The number of aldehydes is 1. The third-order valence-electron chi connectivity index (χ3n) is 9.46. The van der Waals surface area contributed by atoms with Crippen molar-refractivity contribution in [3.8, 4) is 0 Å². The van der Waals surface area contributed by atoms with E-state index in [2.05, 4.69) is 9.99 Å². The normalized spacial score (nSPS) is 13.9. The highest BCUT2D eigenvalue weighted by molar-refractivity contribution is 5.92. The van der Waals surface area contributed by atoms with E-state index in [0.717, 1.165) is 50.7 Å². The Morgan fingerprint density at radius 2 is 0.774 bits per heavy atom. The molecule has 0 radical (unpaired) electrons. The van der Waals surface area contributed by atoms with Crippen LogP contribution in [0.2, 0.25) is 0 Å². The van der Waals surface area contributed by atoms with E-state index in [1.54, 1.807) is 62.4 Å². The lowest BCUT2D eigenvalue weighted by atomic mass is 10.0. The molecule has 0 unspecified atom stereocenters. The SMILES string of the molecule is CON=C[C@@H](F)[C@H](OC(=O)c1cc(C)cc(C)c1)[C@@H](C)COC(=O)c1cc(C)cc(C)c1.Cc1cc(C)cc(C(=O)OC[C@H](C)[C@@H](OC(=O)c2cc(C)cc(C)c2)[C@H](F)C=O)c1. The van der Waals surface area contributed by atoms with Crippen LogP contribution in [-0.4, -0.2) is 81.3 Å². The van der Waals surface area contributed by atoms with Crippen molar-refractivity contribution >= 4 is 36.4 Å². The quantitative estimate of drug-likeness (QED) is 0.0331. The number of hydrogen-bond donors (Lipinski definition) is 0. The minimum Gasteiger partial charge on any atom is -0.462 e. The maximum atomic E-state index is 14.8. The highest BCUT2D eigenvalue weighted by atomic mass is 19.1. The van der Waals surface area contributed by atoms with Gasteiger partial charge in [-0.15, -0.1) is 0 Å². The van der Waals surface area contributed by atoms with Crippen molar-refractivity contribution in [3.05, 3.63) is 140 Å². The number of halogens is 2. The van der Waals surface area contributed by atoms with Crippen LogP contribution in [-0.2, 0) is 28.6 Å². The van der Waals surface area contributed by atoms with Gasteiger partial charge in [-0.2, -0.15) is 0 Å². The van der Waals surface area contributed by atoms with Crippen LogP contribution in [0, 0.1) is 67.2 Å². The predicted molar refractivity (Wildman–Crippen MR) is 232 cm³/mol. The first-order valence-electron chi connectivity index (χ1n) is 20.1. The Morgan fingerprint density at radius 1 is 0.500 bits per heavy atom. The number of rotatable bonds is 17. The summed E-state index contributed by atoms with van der Waals surface area (Å²) in [4.78, 5) is 65.6. The molecule has 0 heterocycles. The van der Waals surface area contributed by atoms with Crippen LogP contribution in [0.15, 0.2) is 78.0 Å². The topological polar surface area (TPSA) is 144 Å². The Labute approximate surface area is 362 Å². The maximum absolute atomic E-state index is 14.8. The van der Waals surface area contributed by atoms with Crippen molar-refractivity contribution in [2.24, 2.45) is 17.0 Å². The van der Waals surface area contributed by atoms with Crippen LogP contribution < -0.4 is 0 Å². The molecule has 0 bridgehead atoms. The molecule has 0 saturated heterocycles. The van der Waals surface area contributed by atoms with Crippen molar-refractivity contribution < 1.29 is 56.5 Å². The lowest BCUT2D eigenvalue weighted by Crippen LogP contribution is -2.38. The number of aryl methyl sites for hydroxylation is 8. The molecule has 0 aromatic heterocycles. The van der Waals surface area contributed by atoms with Crippen molar-refractivity contribution in [1.82, 2.24) is 0 Å². The van der Waals surface area contributed by atoms with Crippen LogP contribution in [0.1, 0.15) is 99.8 Å². The van der Waals surface area contributed by atoms with Crippen LogP contribution in [0.25, 0.3) is 0 Å². The summed E-state index contributed by atoms with van der Waals surface area (Å²) in [5, 5.41) is 3.45. The van der Waals surface area contributed by atoms with Gasteiger partial charge in [0.25, 0.3) is 0 Å². The Hall–Kier alpha value is -6.24. The van der Waals surface area contributed by atoms with Gasteiger partial charge >= 0.3 is 23.9 Å². The molecule has 6 atom stereocenters. The van der Waals surface area contributed by atoms with Crippen molar-refractivity contribution in [1.29, 1.82) is 0 Å². The lowest BCUT2D eigenvalue weighted by Gasteiger charge is -2.25. The Balaban J connectivity index is 0.000000331. The Morgan fingerprint density at radius 3 is 1.05 bits per heavy atom. The molecular weight excluding hydrogens is 801 g/mol. The minimum absolute atomic E-state index is 0.0850. The third kappa shape index (κ3) is 15.7. The van der Waals surface area contributed by atoms with E-state index in [9.17, 15) is 32.8 Å². The highest BCUT2D eigenvalue weighted by Crippen LogP contribution is 2.22. The predicted octanol–water partition coefficient (Wildman–Crippen LogP) is 9.38. The van der Waals surface area contributed by atoms with Crippen molar-refractivity contribution in [2.75, 3.05) is 20.3 Å². The standard InChI is InChI=1S/C25H30FNO5.C24H27FO5/c1-15-7-16(2)10-20(9-15)24(28)31-14-19(5)23(22(26)13-27-30-6)32-25(29)21-11-17(3)8-18(4)12-21;1-14-6-15(2)9-19(8-14)23(27)29-13-18(5)22(21(25)12-26)30-24(28)20-10-16(3)7-17(4)11-20/h7-13,19,22-23H,14H2,1-6H3;6-12,18,21-22H,13H2,1-5H3/t19-,22+,23+;18-,21+,22+/m00/s1. The molecular formula is C49H57F2NO10. The Bertz CT molecular complexity index is 2160. The second kappa shape index (κ2) is 23.7. The fraction of sp³-hybridized carbons (Fsp3) is 0.388. The van der Waals surface area contributed by atoms with Gasteiger partial charge < -0.3 is 23.8 Å². The van der Waals surface area contributed by atoms with Crippen molar-refractivity contribution in [2.45, 2.75) is 93.8 Å². The average Bonchev–Trinajstić information content (AvgIpc) is 3.20. The molecule has 0 N–H and O–H groups in total. The maximum Gasteiger partial charge on any atom is 0.338 e. The van der Waals surface area contributed by atoms with Gasteiger partial charge in [0, 0.05) is 11.8 Å². The van der Waals surface area contributed by atoms with Gasteiger partial charge in [-0.3, -0.25) is 4.79 Å². The fourth-order valence-corrected chi connectivity index (χ4v) is 6.80. The molecule has 0 saturated carbocycles. The zero-order chi connectivity index (χ0) is 46.3. The molecule has 0 aliphatic carbocycles. The number of esters is 4. The van der Waals surface area contributed by atoms with Gasteiger partial charge in [0.2, 0.25) is 0 Å². The number of nitrogens with zero attached hydrogens (tertiary/aromatic N) is 1. The first-order valence-corrected chi connectivity index (χ1v) is 20.1. The van der Waals surface area contributed by atoms with Gasteiger partial charge in [0.15, 0.2) is 18.6 Å². The summed E-state index contributed by atoms with van der Waals surface area (Å²) >= 11 is 0. The number of carbonyl (C=O) groups excluding carboxylic acids is 5. The first kappa shape index (κ1) is 50.1. The average molecular weight is 858 g/mol. The highest BCUT2D eigenvalue weighted by Gasteiger charge is 2.33. The van der Waals surface area contributed by atoms with E-state index in [1.165, 1.54) is 7.11 Å². The number of carbonyl (C=O) groups is 5. The van der Waals surface area contributed by atoms with Crippen LogP contribution in [0.4, 0.5) is 8.78 Å². The van der Waals surface area contributed by atoms with Crippen molar-refractivity contribution in [3.63, 3.8) is 0 Å². The summed E-state index contributed by atoms with van der Waals surface area (Å²) < 4.78 is 50.6. The van der Waals surface area contributed by atoms with Crippen LogP contribution >= 0.6 is 0 Å². The molecule has 0 aliphatic heterocycles. The zero-order valence-corrected chi connectivity index (χ0v) is 37.2. The number of hydrogen-bond acceptors (Lipinski definition) is 11. The summed E-state index contributed by atoms with van der Waals surface area (Å²) in [6, 6.07) is 21.1. The summed E-state index contributed by atoms with van der Waals surface area (Å²) in [5.41, 5.74) is 8.60. The number of benzene rings is 4. The molecule has 332 valence electrons. The number of oxime groups is 1. The van der Waals surface area contributed by atoms with E-state index in [4.69, 9.17) is 18.9 Å². The summed E-state index contributed by atoms with van der Waals surface area (Å²) in [6.07, 6.45) is -5.38. The van der Waals surface area contributed by atoms with Crippen LogP contribution in [0.5, 0.6) is 0 Å². The van der Waals surface area contributed by atoms with Gasteiger partial charge in [-0.05, 0) is 104 Å². The second-order valence-corrected chi connectivity index (χ2v) is 15.9. The fourth-order valence-electron chi connectivity index (χ4n) is 6.80. The van der Waals surface area contributed by atoms with Gasteiger partial charge in [0.1, 0.15) is 19.3 Å². The lowest BCUT2D eigenvalue weighted by molar-refractivity contribution is -0.117. The molecule has 4 aromatic rings. The van der Waals surface area contributed by atoms with Gasteiger partial charge in [0.05, 0.1) is 41.7 Å². The smallest absolute Gasteiger partial charge is 0.338 e. The third-order valence-corrected chi connectivity index (χ3v) is 9.46. The molecule has 13 heteroatoms. The summed E-state index contributed by atoms with van der Waals surface area (Å²) in [6.45, 7) is 17.8. The van der Waals surface area contributed by atoms with E-state index in [1.807, 2.05) is 79.7 Å².